The van der Waals surface area contributed by atoms with Crippen molar-refractivity contribution in [2.45, 2.75) is 13.5 Å². The number of benzene rings is 1. The van der Waals surface area contributed by atoms with E-state index in [2.05, 4.69) is 5.32 Å². The second kappa shape index (κ2) is 9.23. The molecule has 1 aliphatic rings. The largest absolute Gasteiger partial charge is 0.454 e. The number of likely N-dealkylation sites (N-methyl/N-ethyl adjacent to an activating group) is 1. The van der Waals surface area contributed by atoms with E-state index in [1.165, 1.54) is 11.3 Å². The Morgan fingerprint density at radius 2 is 2.04 bits per heavy atom. The van der Waals surface area contributed by atoms with E-state index >= 15 is 0 Å². The number of carbonyl (C=O) groups is 3. The molecule has 0 spiro atoms. The minimum Gasteiger partial charge on any atom is -0.454 e. The zero-order valence-electron chi connectivity index (χ0n) is 15.3. The van der Waals surface area contributed by atoms with Crippen LogP contribution >= 0.6 is 11.3 Å². The maximum absolute atomic E-state index is 12.3. The normalized spacial score (nSPS) is 11.8. The second-order valence-corrected chi connectivity index (χ2v) is 6.86. The molecule has 2 amide bonds. The van der Waals surface area contributed by atoms with E-state index in [0.29, 0.717) is 29.5 Å². The Bertz CT molecular complexity index is 852. The van der Waals surface area contributed by atoms with Crippen LogP contribution in [0, 0.1) is 0 Å². The third-order valence-corrected chi connectivity index (χ3v) is 4.91. The summed E-state index contributed by atoms with van der Waals surface area (Å²) in [7, 11) is 0. The molecule has 3 rings (SSSR count). The van der Waals surface area contributed by atoms with E-state index in [-0.39, 0.29) is 31.8 Å². The monoisotopic (exact) mass is 404 g/mol. The summed E-state index contributed by atoms with van der Waals surface area (Å²) in [4.78, 5) is 38.0. The van der Waals surface area contributed by atoms with Gasteiger partial charge in [0.05, 0.1) is 4.88 Å². The van der Waals surface area contributed by atoms with Crippen LogP contribution in [0.2, 0.25) is 0 Å². The first-order valence-corrected chi connectivity index (χ1v) is 9.58. The molecule has 1 aromatic heterocycles. The van der Waals surface area contributed by atoms with Crippen molar-refractivity contribution >= 4 is 29.1 Å². The lowest BCUT2D eigenvalue weighted by Crippen LogP contribution is -2.36. The summed E-state index contributed by atoms with van der Waals surface area (Å²) in [6.07, 6.45) is 0. The van der Waals surface area contributed by atoms with Gasteiger partial charge in [0.2, 0.25) is 6.79 Å². The van der Waals surface area contributed by atoms with Crippen molar-refractivity contribution in [1.29, 1.82) is 0 Å². The van der Waals surface area contributed by atoms with Crippen molar-refractivity contribution in [1.82, 2.24) is 10.2 Å². The van der Waals surface area contributed by atoms with Gasteiger partial charge in [-0.05, 0) is 36.1 Å². The van der Waals surface area contributed by atoms with Gasteiger partial charge < -0.3 is 24.4 Å². The number of carbonyl (C=O) groups excluding carboxylic acids is 3. The Morgan fingerprint density at radius 3 is 2.79 bits per heavy atom. The van der Waals surface area contributed by atoms with Crippen molar-refractivity contribution in [3.63, 3.8) is 0 Å². The summed E-state index contributed by atoms with van der Waals surface area (Å²) in [5.74, 6) is -0.0164. The first kappa shape index (κ1) is 19.7. The van der Waals surface area contributed by atoms with E-state index < -0.39 is 5.97 Å². The van der Waals surface area contributed by atoms with Gasteiger partial charge in [0.25, 0.3) is 11.8 Å². The standard InChI is InChI=1S/C19H20N2O6S/c1-2-21(10-13-5-6-14-15(8-13)27-12-26-14)17(22)11-25-18(23)9-20-19(24)16-4-3-7-28-16/h3-8H,2,9-12H2,1H3,(H,20,24). The SMILES string of the molecule is CCN(Cc1ccc2c(c1)OCO2)C(=O)COC(=O)CNC(=O)c1cccs1. The Morgan fingerprint density at radius 1 is 1.21 bits per heavy atom. The summed E-state index contributed by atoms with van der Waals surface area (Å²) in [6, 6.07) is 8.88. The maximum Gasteiger partial charge on any atom is 0.325 e. The molecular formula is C19H20N2O6S. The molecule has 8 nitrogen and oxygen atoms in total. The number of hydrogen-bond acceptors (Lipinski definition) is 7. The van der Waals surface area contributed by atoms with Crippen LogP contribution in [0.25, 0.3) is 0 Å². The molecule has 0 unspecified atom stereocenters. The molecule has 1 aromatic carbocycles. The fourth-order valence-corrected chi connectivity index (χ4v) is 3.21. The third kappa shape index (κ3) is 5.01. The molecule has 148 valence electrons. The van der Waals surface area contributed by atoms with E-state index in [9.17, 15) is 14.4 Å². The molecule has 0 bridgehead atoms. The molecule has 9 heteroatoms. The smallest absolute Gasteiger partial charge is 0.325 e. The van der Waals surface area contributed by atoms with E-state index in [1.807, 2.05) is 19.1 Å². The lowest BCUT2D eigenvalue weighted by molar-refractivity contribution is -0.151. The summed E-state index contributed by atoms with van der Waals surface area (Å²) in [5, 5.41) is 4.23. The van der Waals surface area contributed by atoms with E-state index in [0.717, 1.165) is 5.56 Å². The number of hydrogen-bond donors (Lipinski definition) is 1. The highest BCUT2D eigenvalue weighted by molar-refractivity contribution is 7.12. The van der Waals surface area contributed by atoms with Crippen molar-refractivity contribution in [3.05, 3.63) is 46.2 Å². The van der Waals surface area contributed by atoms with Crippen molar-refractivity contribution < 1.29 is 28.6 Å². The lowest BCUT2D eigenvalue weighted by atomic mass is 10.2. The van der Waals surface area contributed by atoms with Crippen LogP contribution in [0.5, 0.6) is 11.5 Å². The van der Waals surface area contributed by atoms with Gasteiger partial charge in [0, 0.05) is 13.1 Å². The minimum absolute atomic E-state index is 0.189. The van der Waals surface area contributed by atoms with Gasteiger partial charge in [-0.25, -0.2) is 0 Å². The summed E-state index contributed by atoms with van der Waals surface area (Å²) in [6.45, 7) is 2.17. The molecule has 28 heavy (non-hydrogen) atoms. The number of thiophene rings is 1. The zero-order valence-corrected chi connectivity index (χ0v) is 16.1. The van der Waals surface area contributed by atoms with Gasteiger partial charge in [-0.15, -0.1) is 11.3 Å². The fourth-order valence-electron chi connectivity index (χ4n) is 2.57. The van der Waals surface area contributed by atoms with Crippen LogP contribution in [0.4, 0.5) is 0 Å². The van der Waals surface area contributed by atoms with E-state index in [4.69, 9.17) is 14.2 Å². The van der Waals surface area contributed by atoms with Crippen LogP contribution in [0.15, 0.2) is 35.7 Å². The molecule has 2 aromatic rings. The zero-order chi connectivity index (χ0) is 19.9. The average Bonchev–Trinajstić information content (AvgIpc) is 3.39. The van der Waals surface area contributed by atoms with Crippen molar-refractivity contribution in [2.75, 3.05) is 26.5 Å². The summed E-state index contributed by atoms with van der Waals surface area (Å²) >= 11 is 1.27. The van der Waals surface area contributed by atoms with Crippen molar-refractivity contribution in [3.8, 4) is 11.5 Å². The second-order valence-electron chi connectivity index (χ2n) is 5.92. The molecule has 1 aliphatic heterocycles. The Kier molecular flexibility index (Phi) is 6.49. The molecule has 0 fully saturated rings. The quantitative estimate of drug-likeness (QED) is 0.675. The number of ether oxygens (including phenoxy) is 3. The minimum atomic E-state index is -0.669. The molecule has 0 saturated heterocycles. The summed E-state index contributed by atoms with van der Waals surface area (Å²) in [5.41, 5.74) is 0.883. The average molecular weight is 404 g/mol. The highest BCUT2D eigenvalue weighted by Gasteiger charge is 2.18. The topological polar surface area (TPSA) is 94.2 Å². The maximum atomic E-state index is 12.3. The lowest BCUT2D eigenvalue weighted by Gasteiger charge is -2.21. The molecule has 0 atom stereocenters. The Balaban J connectivity index is 1.44. The van der Waals surface area contributed by atoms with Crippen LogP contribution in [0.1, 0.15) is 22.2 Å². The highest BCUT2D eigenvalue weighted by Crippen LogP contribution is 2.32. The van der Waals surface area contributed by atoms with E-state index in [1.54, 1.807) is 28.5 Å². The molecule has 1 N–H and O–H groups in total. The molecule has 0 saturated carbocycles. The fraction of sp³-hybridized carbons (Fsp3) is 0.316. The Hall–Kier alpha value is -3.07. The van der Waals surface area contributed by atoms with Crippen LogP contribution in [-0.4, -0.2) is 49.2 Å². The number of nitrogens with zero attached hydrogens (tertiary/aromatic N) is 1. The first-order valence-electron chi connectivity index (χ1n) is 8.70. The van der Waals surface area contributed by atoms with Gasteiger partial charge in [-0.1, -0.05) is 12.1 Å². The number of rotatable bonds is 8. The number of amides is 2. The predicted octanol–water partition coefficient (Wildman–Crippen LogP) is 1.80. The van der Waals surface area contributed by atoms with Gasteiger partial charge >= 0.3 is 5.97 Å². The van der Waals surface area contributed by atoms with Crippen LogP contribution in [0.3, 0.4) is 0 Å². The number of esters is 1. The van der Waals surface area contributed by atoms with Crippen molar-refractivity contribution in [2.24, 2.45) is 0 Å². The first-order chi connectivity index (χ1) is 13.6. The van der Waals surface area contributed by atoms with Gasteiger partial charge in [0.15, 0.2) is 18.1 Å². The molecule has 0 aliphatic carbocycles. The van der Waals surface area contributed by atoms with Gasteiger partial charge in [0.1, 0.15) is 6.54 Å². The van der Waals surface area contributed by atoms with Gasteiger partial charge in [-0.2, -0.15) is 0 Å². The highest BCUT2D eigenvalue weighted by atomic mass is 32.1. The molecular weight excluding hydrogens is 384 g/mol. The van der Waals surface area contributed by atoms with Crippen LogP contribution < -0.4 is 14.8 Å². The number of nitrogens with one attached hydrogen (secondary N) is 1. The van der Waals surface area contributed by atoms with Crippen LogP contribution in [-0.2, 0) is 20.9 Å². The molecule has 0 radical (unpaired) electrons. The molecule has 2 heterocycles. The summed E-state index contributed by atoms with van der Waals surface area (Å²) < 4.78 is 15.6. The Labute approximate surface area is 166 Å². The number of fused-ring (bicyclic) bond motifs is 1. The van der Waals surface area contributed by atoms with Gasteiger partial charge in [-0.3, -0.25) is 14.4 Å². The third-order valence-electron chi connectivity index (χ3n) is 4.04. The predicted molar refractivity (Wildman–Crippen MR) is 101 cm³/mol.